The predicted octanol–water partition coefficient (Wildman–Crippen LogP) is 6.99. The van der Waals surface area contributed by atoms with Gasteiger partial charge in [-0.25, -0.2) is 4.98 Å². The van der Waals surface area contributed by atoms with Gasteiger partial charge in [-0.3, -0.25) is 9.59 Å². The Balaban J connectivity index is 1.14. The van der Waals surface area contributed by atoms with E-state index in [4.69, 9.17) is 9.47 Å². The standard InChI is InChI=1S/C38H38F3N3O5S/c1-24-32(23-50-33-9-2-3-18-42-33)48-36(49-34(24)28-12-10-25(22-45)11-13-28)29-16-14-27(15-17-29)30-7-4-6-26(20-30)21-43-35(46)31-8-5-19-44(31)37(47)38(39,40)41/h2-4,6-7,9-18,20,24,31-32,34,36,45H,5,8,19,21-23H2,1H3,(H,43,46)/t24-,31+,32+,34+,36+/m1/s1. The van der Waals surface area contributed by atoms with Crippen LogP contribution in [0.3, 0.4) is 0 Å². The Labute approximate surface area is 293 Å². The summed E-state index contributed by atoms with van der Waals surface area (Å²) in [6, 6.07) is 27.9. The number of aliphatic hydroxyl groups excluding tert-OH is 1. The first kappa shape index (κ1) is 35.6. The quantitative estimate of drug-likeness (QED) is 0.172. The largest absolute Gasteiger partial charge is 0.471 e. The average molecular weight is 706 g/mol. The monoisotopic (exact) mass is 705 g/mol. The summed E-state index contributed by atoms with van der Waals surface area (Å²) in [7, 11) is 0. The van der Waals surface area contributed by atoms with Crippen LogP contribution < -0.4 is 5.32 Å². The molecule has 8 nitrogen and oxygen atoms in total. The molecule has 2 saturated heterocycles. The first-order valence-corrected chi connectivity index (χ1v) is 17.5. The van der Waals surface area contributed by atoms with Crippen molar-refractivity contribution in [1.29, 1.82) is 0 Å². The first-order chi connectivity index (χ1) is 24.1. The minimum atomic E-state index is -5.02. The maximum absolute atomic E-state index is 13.0. The van der Waals surface area contributed by atoms with Gasteiger partial charge in [0.1, 0.15) is 6.04 Å². The summed E-state index contributed by atoms with van der Waals surface area (Å²) in [5, 5.41) is 13.2. The minimum Gasteiger partial charge on any atom is -0.392 e. The second-order valence-electron chi connectivity index (χ2n) is 12.5. The average Bonchev–Trinajstić information content (AvgIpc) is 3.63. The Morgan fingerprint density at radius 2 is 1.70 bits per heavy atom. The molecule has 3 aromatic carbocycles. The van der Waals surface area contributed by atoms with Crippen molar-refractivity contribution in [2.75, 3.05) is 12.3 Å². The highest BCUT2D eigenvalue weighted by atomic mass is 32.2. The predicted molar refractivity (Wildman–Crippen MR) is 182 cm³/mol. The van der Waals surface area contributed by atoms with E-state index in [0.717, 1.165) is 38.4 Å². The summed E-state index contributed by atoms with van der Waals surface area (Å²) in [5.74, 6) is -1.87. The molecule has 2 aliphatic rings. The van der Waals surface area contributed by atoms with E-state index in [-0.39, 0.29) is 44.2 Å². The number of aromatic nitrogens is 1. The van der Waals surface area contributed by atoms with Gasteiger partial charge in [0, 0.05) is 36.5 Å². The molecular weight excluding hydrogens is 667 g/mol. The number of hydrogen-bond acceptors (Lipinski definition) is 7. The van der Waals surface area contributed by atoms with E-state index in [1.165, 1.54) is 0 Å². The van der Waals surface area contributed by atoms with E-state index < -0.39 is 30.3 Å². The summed E-state index contributed by atoms with van der Waals surface area (Å²) in [6.07, 6.45) is -3.73. The third kappa shape index (κ3) is 8.38. The fourth-order valence-electron chi connectivity index (χ4n) is 6.36. The molecule has 0 radical (unpaired) electrons. The Morgan fingerprint density at radius 3 is 2.40 bits per heavy atom. The van der Waals surface area contributed by atoms with E-state index in [2.05, 4.69) is 17.2 Å². The molecule has 12 heteroatoms. The number of carbonyl (C=O) groups is 2. The van der Waals surface area contributed by atoms with Crippen molar-refractivity contribution >= 4 is 23.6 Å². The van der Waals surface area contributed by atoms with E-state index in [1.807, 2.05) is 91.0 Å². The number of halogens is 3. The summed E-state index contributed by atoms with van der Waals surface area (Å²) in [6.45, 7) is 2.10. The van der Waals surface area contributed by atoms with Gasteiger partial charge < -0.3 is 24.8 Å². The van der Waals surface area contributed by atoms with Crippen LogP contribution in [0.25, 0.3) is 11.1 Å². The summed E-state index contributed by atoms with van der Waals surface area (Å²) >= 11 is 1.63. The number of alkyl halides is 3. The molecule has 0 bridgehead atoms. The third-order valence-electron chi connectivity index (χ3n) is 9.13. The van der Waals surface area contributed by atoms with Crippen molar-refractivity contribution in [3.63, 3.8) is 0 Å². The maximum Gasteiger partial charge on any atom is 0.471 e. The zero-order valence-corrected chi connectivity index (χ0v) is 28.2. The number of ether oxygens (including phenoxy) is 2. The highest BCUT2D eigenvalue weighted by molar-refractivity contribution is 7.99. The number of amides is 2. The van der Waals surface area contributed by atoms with Gasteiger partial charge in [-0.2, -0.15) is 13.2 Å². The van der Waals surface area contributed by atoms with Crippen molar-refractivity contribution in [2.24, 2.45) is 5.92 Å². The van der Waals surface area contributed by atoms with Crippen LogP contribution in [0.4, 0.5) is 13.2 Å². The lowest BCUT2D eigenvalue weighted by Crippen LogP contribution is -2.50. The number of pyridine rings is 1. The summed E-state index contributed by atoms with van der Waals surface area (Å²) in [5.41, 5.74) is 5.26. The van der Waals surface area contributed by atoms with E-state index in [0.29, 0.717) is 17.1 Å². The molecule has 50 heavy (non-hydrogen) atoms. The molecule has 0 spiro atoms. The fraction of sp³-hybridized carbons (Fsp3) is 0.342. The van der Waals surface area contributed by atoms with Crippen molar-refractivity contribution in [1.82, 2.24) is 15.2 Å². The number of aliphatic hydroxyl groups is 1. The molecule has 0 unspecified atom stereocenters. The van der Waals surface area contributed by atoms with Gasteiger partial charge >= 0.3 is 12.1 Å². The molecule has 262 valence electrons. The fourth-order valence-corrected chi connectivity index (χ4v) is 7.38. The molecular formula is C38H38F3N3O5S. The van der Waals surface area contributed by atoms with Crippen molar-refractivity contribution in [2.45, 2.75) is 68.7 Å². The van der Waals surface area contributed by atoms with Crippen LogP contribution in [0.2, 0.25) is 0 Å². The van der Waals surface area contributed by atoms with Crippen LogP contribution >= 0.6 is 11.8 Å². The Kier molecular flexibility index (Phi) is 11.2. The van der Waals surface area contributed by atoms with Gasteiger partial charge in [-0.1, -0.05) is 79.7 Å². The number of likely N-dealkylation sites (tertiary alicyclic amines) is 1. The first-order valence-electron chi connectivity index (χ1n) is 16.5. The number of carbonyl (C=O) groups excluding carboxylic acids is 2. The van der Waals surface area contributed by atoms with Crippen LogP contribution in [0.1, 0.15) is 54.4 Å². The molecule has 2 fully saturated rings. The molecule has 6 rings (SSSR count). The molecule has 3 heterocycles. The van der Waals surface area contributed by atoms with Gasteiger partial charge in [-0.05, 0) is 58.9 Å². The Hall–Kier alpha value is -4.23. The molecule has 0 saturated carbocycles. The third-order valence-corrected chi connectivity index (χ3v) is 10.2. The molecule has 2 amide bonds. The number of nitrogens with one attached hydrogen (secondary N) is 1. The lowest BCUT2D eigenvalue weighted by Gasteiger charge is -2.41. The second-order valence-corrected chi connectivity index (χ2v) is 13.5. The van der Waals surface area contributed by atoms with Crippen LogP contribution in [0.5, 0.6) is 0 Å². The highest BCUT2D eigenvalue weighted by Crippen LogP contribution is 2.43. The van der Waals surface area contributed by atoms with Gasteiger partial charge in [0.15, 0.2) is 6.29 Å². The molecule has 2 aliphatic heterocycles. The van der Waals surface area contributed by atoms with Crippen LogP contribution in [-0.4, -0.2) is 57.4 Å². The number of hydrogen-bond donors (Lipinski definition) is 2. The van der Waals surface area contributed by atoms with Crippen molar-refractivity contribution in [3.05, 3.63) is 119 Å². The Morgan fingerprint density at radius 1 is 0.940 bits per heavy atom. The zero-order chi connectivity index (χ0) is 35.3. The van der Waals surface area contributed by atoms with Gasteiger partial charge in [0.2, 0.25) is 5.91 Å². The van der Waals surface area contributed by atoms with E-state index in [1.54, 1.807) is 18.0 Å². The molecule has 1 aromatic heterocycles. The van der Waals surface area contributed by atoms with Gasteiger partial charge in [-0.15, -0.1) is 11.8 Å². The SMILES string of the molecule is C[C@@H]1[C@H](CSc2ccccn2)O[C@H](c2ccc(-c3cccc(CNC(=O)[C@@H]4CCCN4C(=O)C(F)(F)F)c3)cc2)O[C@@H]1c1ccc(CO)cc1. The lowest BCUT2D eigenvalue weighted by molar-refractivity contribution is -0.268. The highest BCUT2D eigenvalue weighted by Gasteiger charge is 2.47. The number of rotatable bonds is 10. The van der Waals surface area contributed by atoms with Crippen molar-refractivity contribution in [3.8, 4) is 11.1 Å². The van der Waals surface area contributed by atoms with Crippen LogP contribution in [-0.2, 0) is 32.2 Å². The number of benzene rings is 3. The normalized spacial score (nSPS) is 22.3. The van der Waals surface area contributed by atoms with Gasteiger partial charge in [0.05, 0.1) is 23.8 Å². The van der Waals surface area contributed by atoms with Gasteiger partial charge in [0.25, 0.3) is 0 Å². The molecule has 2 N–H and O–H groups in total. The Bertz CT molecular complexity index is 1760. The maximum atomic E-state index is 13.0. The van der Waals surface area contributed by atoms with Crippen molar-refractivity contribution < 1.29 is 37.3 Å². The van der Waals surface area contributed by atoms with Crippen LogP contribution in [0.15, 0.2) is 102 Å². The minimum absolute atomic E-state index is 0.0341. The smallest absolute Gasteiger partial charge is 0.392 e. The number of nitrogens with zero attached hydrogens (tertiary/aromatic N) is 2. The van der Waals surface area contributed by atoms with E-state index >= 15 is 0 Å². The van der Waals surface area contributed by atoms with Crippen LogP contribution in [0, 0.1) is 5.92 Å². The topological polar surface area (TPSA) is 101 Å². The molecule has 5 atom stereocenters. The lowest BCUT2D eigenvalue weighted by atomic mass is 9.91. The second kappa shape index (κ2) is 15.8. The molecule has 4 aromatic rings. The zero-order valence-electron chi connectivity index (χ0n) is 27.4. The van der Waals surface area contributed by atoms with E-state index in [9.17, 15) is 27.9 Å². The molecule has 0 aliphatic carbocycles. The summed E-state index contributed by atoms with van der Waals surface area (Å²) < 4.78 is 52.2. The number of thioether (sulfide) groups is 1. The summed E-state index contributed by atoms with van der Waals surface area (Å²) in [4.78, 5) is 29.6.